The van der Waals surface area contributed by atoms with Gasteiger partial charge in [0.1, 0.15) is 12.1 Å². The van der Waals surface area contributed by atoms with Crippen LogP contribution in [0.2, 0.25) is 0 Å². The lowest BCUT2D eigenvalue weighted by atomic mass is 9.76. The minimum absolute atomic E-state index is 0.183. The summed E-state index contributed by atoms with van der Waals surface area (Å²) in [7, 11) is 0. The largest absolute Gasteiger partial charge is 0.465 e. The van der Waals surface area contributed by atoms with Gasteiger partial charge in [0.05, 0.1) is 24.1 Å². The van der Waals surface area contributed by atoms with Gasteiger partial charge in [-0.05, 0) is 36.4 Å². The number of fused-ring (bicyclic) bond motifs is 5. The van der Waals surface area contributed by atoms with Crippen LogP contribution in [-0.2, 0) is 35.9 Å². The lowest BCUT2D eigenvalue weighted by molar-refractivity contribution is -0.142. The Hall–Kier alpha value is -4.82. The average Bonchev–Trinajstić information content (AvgIpc) is 3.56. The van der Waals surface area contributed by atoms with E-state index in [1.54, 1.807) is 25.1 Å². The highest BCUT2D eigenvalue weighted by Crippen LogP contribution is 2.55. The number of carbonyl (C=O) groups is 4. The number of hydrogen-bond donors (Lipinski definition) is 1. The van der Waals surface area contributed by atoms with Crippen LogP contribution in [0.15, 0.2) is 97.1 Å². The summed E-state index contributed by atoms with van der Waals surface area (Å²) < 4.78 is 5.18. The number of hydrogen-bond acceptors (Lipinski definition) is 6. The molecule has 0 aromatic heterocycles. The van der Waals surface area contributed by atoms with E-state index in [4.69, 9.17) is 4.74 Å². The number of ether oxygens (including phenoxy) is 1. The van der Waals surface area contributed by atoms with Crippen LogP contribution in [0.25, 0.3) is 10.8 Å². The van der Waals surface area contributed by atoms with Crippen molar-refractivity contribution in [2.45, 2.75) is 24.9 Å². The Morgan fingerprint density at radius 3 is 2.33 bits per heavy atom. The maximum Gasteiger partial charge on any atom is 0.326 e. The number of nitrogens with one attached hydrogen (secondary N) is 1. The van der Waals surface area contributed by atoms with Crippen LogP contribution in [0.3, 0.4) is 0 Å². The fourth-order valence-electron chi connectivity index (χ4n) is 7.12. The zero-order valence-corrected chi connectivity index (χ0v) is 23.0. The van der Waals surface area contributed by atoms with E-state index < -0.39 is 41.2 Å². The molecule has 7 rings (SSSR count). The van der Waals surface area contributed by atoms with Crippen LogP contribution < -0.4 is 15.1 Å². The highest BCUT2D eigenvalue weighted by atomic mass is 16.5. The molecule has 210 valence electrons. The number of esters is 1. The number of carbonyl (C=O) groups excluding carboxylic acids is 4. The molecule has 3 heterocycles. The first kappa shape index (κ1) is 26.1. The first-order valence-corrected chi connectivity index (χ1v) is 14.2. The van der Waals surface area contributed by atoms with Crippen molar-refractivity contribution in [3.05, 3.63) is 108 Å². The molecule has 2 saturated heterocycles. The van der Waals surface area contributed by atoms with Gasteiger partial charge in [-0.2, -0.15) is 0 Å². The van der Waals surface area contributed by atoms with E-state index in [1.165, 1.54) is 9.80 Å². The zero-order valence-electron chi connectivity index (χ0n) is 23.0. The molecule has 42 heavy (non-hydrogen) atoms. The minimum atomic E-state index is -1.51. The van der Waals surface area contributed by atoms with Crippen molar-refractivity contribution in [1.29, 1.82) is 0 Å². The third-order valence-electron chi connectivity index (χ3n) is 8.76. The van der Waals surface area contributed by atoms with E-state index in [1.807, 2.05) is 78.9 Å². The van der Waals surface area contributed by atoms with Gasteiger partial charge in [-0.1, -0.05) is 84.9 Å². The standard InChI is InChI=1S/C34H29N3O5/c1-2-42-28(38)20-36-27-17-9-8-16-24(27)34(33(36)41)30-29(25(35-34)19-21-11-4-3-5-12-21)31(39)37(32(30)40)26-18-10-14-22-13-6-7-15-23(22)26/h3-18,25,29-30,35H,2,19-20H2,1H3/t25-,29+,30+,34+/m1/s1. The Morgan fingerprint density at radius 2 is 1.52 bits per heavy atom. The summed E-state index contributed by atoms with van der Waals surface area (Å²) in [5.41, 5.74) is 1.10. The first-order valence-electron chi connectivity index (χ1n) is 14.2. The third-order valence-corrected chi connectivity index (χ3v) is 8.76. The van der Waals surface area contributed by atoms with Gasteiger partial charge in [-0.3, -0.25) is 29.4 Å². The van der Waals surface area contributed by atoms with Gasteiger partial charge in [0, 0.05) is 22.7 Å². The van der Waals surface area contributed by atoms with E-state index >= 15 is 0 Å². The first-order chi connectivity index (χ1) is 20.5. The molecule has 0 saturated carbocycles. The predicted molar refractivity (Wildman–Crippen MR) is 158 cm³/mol. The Balaban J connectivity index is 1.39. The van der Waals surface area contributed by atoms with E-state index in [9.17, 15) is 19.2 Å². The fraction of sp³-hybridized carbons (Fsp3) is 0.235. The highest BCUT2D eigenvalue weighted by molar-refractivity contribution is 6.28. The molecule has 1 spiro atoms. The van der Waals surface area contributed by atoms with E-state index in [0.717, 1.165) is 16.3 Å². The van der Waals surface area contributed by atoms with Crippen molar-refractivity contribution >= 4 is 45.8 Å². The van der Waals surface area contributed by atoms with Crippen molar-refractivity contribution in [2.75, 3.05) is 23.0 Å². The quantitative estimate of drug-likeness (QED) is 0.284. The Bertz CT molecular complexity index is 1750. The van der Waals surface area contributed by atoms with E-state index in [-0.39, 0.29) is 19.1 Å². The molecule has 4 atom stereocenters. The summed E-state index contributed by atoms with van der Waals surface area (Å²) in [5.74, 6) is -3.52. The third kappa shape index (κ3) is 3.72. The molecule has 0 aliphatic carbocycles. The van der Waals surface area contributed by atoms with Crippen LogP contribution in [0.4, 0.5) is 11.4 Å². The molecular weight excluding hydrogens is 530 g/mol. The van der Waals surface area contributed by atoms with Crippen molar-refractivity contribution in [3.8, 4) is 0 Å². The molecule has 0 unspecified atom stereocenters. The van der Waals surface area contributed by atoms with Crippen molar-refractivity contribution in [1.82, 2.24) is 5.32 Å². The molecule has 0 radical (unpaired) electrons. The minimum Gasteiger partial charge on any atom is -0.465 e. The lowest BCUT2D eigenvalue weighted by Crippen LogP contribution is -2.56. The molecule has 8 heteroatoms. The van der Waals surface area contributed by atoms with Gasteiger partial charge >= 0.3 is 5.97 Å². The number of imide groups is 1. The summed E-state index contributed by atoms with van der Waals surface area (Å²) in [6, 6.07) is 29.6. The van der Waals surface area contributed by atoms with Crippen LogP contribution in [0, 0.1) is 11.8 Å². The monoisotopic (exact) mass is 559 g/mol. The maximum absolute atomic E-state index is 14.6. The SMILES string of the molecule is CCOC(=O)CN1C(=O)[C@]2(N[C@H](Cc3ccccc3)[C@@H]3C(=O)N(c4cccc5ccccc45)C(=O)[C@H]32)c2ccccc21. The summed E-state index contributed by atoms with van der Waals surface area (Å²) in [6.45, 7) is 1.60. The Labute approximate surface area is 242 Å². The van der Waals surface area contributed by atoms with Crippen molar-refractivity contribution < 1.29 is 23.9 Å². The normalized spacial score (nSPS) is 24.5. The maximum atomic E-state index is 14.6. The van der Waals surface area contributed by atoms with Crippen molar-refractivity contribution in [3.63, 3.8) is 0 Å². The average molecular weight is 560 g/mol. The molecule has 1 N–H and O–H groups in total. The van der Waals surface area contributed by atoms with Crippen LogP contribution in [0.1, 0.15) is 18.1 Å². The second kappa shape index (κ2) is 9.92. The number of amides is 3. The second-order valence-electron chi connectivity index (χ2n) is 11.0. The Morgan fingerprint density at radius 1 is 0.833 bits per heavy atom. The summed E-state index contributed by atoms with van der Waals surface area (Å²) >= 11 is 0. The molecule has 0 bridgehead atoms. The molecule has 8 nitrogen and oxygen atoms in total. The number of nitrogens with zero attached hydrogens (tertiary/aromatic N) is 2. The van der Waals surface area contributed by atoms with Crippen LogP contribution in [-0.4, -0.2) is 42.9 Å². The summed E-state index contributed by atoms with van der Waals surface area (Å²) in [6.07, 6.45) is 0.444. The Kier molecular flexibility index (Phi) is 6.17. The molecule has 4 aromatic carbocycles. The highest BCUT2D eigenvalue weighted by Gasteiger charge is 2.71. The zero-order chi connectivity index (χ0) is 29.0. The molecule has 3 aliphatic rings. The molecule has 2 fully saturated rings. The number of para-hydroxylation sites is 1. The number of anilines is 2. The van der Waals surface area contributed by atoms with Gasteiger partial charge in [0.2, 0.25) is 11.8 Å². The fourth-order valence-corrected chi connectivity index (χ4v) is 7.12. The van der Waals surface area contributed by atoms with E-state index in [0.29, 0.717) is 23.4 Å². The van der Waals surface area contributed by atoms with Crippen LogP contribution in [0.5, 0.6) is 0 Å². The predicted octanol–water partition coefficient (Wildman–Crippen LogP) is 3.97. The van der Waals surface area contributed by atoms with Gasteiger partial charge in [0.25, 0.3) is 5.91 Å². The van der Waals surface area contributed by atoms with E-state index in [2.05, 4.69) is 5.32 Å². The van der Waals surface area contributed by atoms with Gasteiger partial charge in [0.15, 0.2) is 0 Å². The summed E-state index contributed by atoms with van der Waals surface area (Å²) in [5, 5.41) is 5.21. The number of benzene rings is 4. The summed E-state index contributed by atoms with van der Waals surface area (Å²) in [4.78, 5) is 58.8. The molecule has 4 aromatic rings. The molecule has 3 aliphatic heterocycles. The topological polar surface area (TPSA) is 96.0 Å². The molecule has 3 amide bonds. The smallest absolute Gasteiger partial charge is 0.326 e. The van der Waals surface area contributed by atoms with Gasteiger partial charge < -0.3 is 4.74 Å². The van der Waals surface area contributed by atoms with Gasteiger partial charge in [-0.25, -0.2) is 4.90 Å². The molecular formula is C34H29N3O5. The van der Waals surface area contributed by atoms with Crippen molar-refractivity contribution in [2.24, 2.45) is 11.8 Å². The second-order valence-corrected chi connectivity index (χ2v) is 11.0. The van der Waals surface area contributed by atoms with Gasteiger partial charge in [-0.15, -0.1) is 0 Å². The lowest BCUT2D eigenvalue weighted by Gasteiger charge is -2.30. The van der Waals surface area contributed by atoms with Crippen LogP contribution >= 0.6 is 0 Å². The number of rotatable bonds is 6.